The number of nitrogens with zero attached hydrogens (tertiary/aromatic N) is 1. The second-order valence-electron chi connectivity index (χ2n) is 5.32. The number of methoxy groups -OCH3 is 1. The highest BCUT2D eigenvalue weighted by atomic mass is 32.1. The number of likely N-dealkylation sites (tertiary alicyclic amines) is 1. The van der Waals surface area contributed by atoms with E-state index in [1.165, 1.54) is 35.7 Å². The van der Waals surface area contributed by atoms with Crippen molar-refractivity contribution in [1.82, 2.24) is 10.2 Å². The van der Waals surface area contributed by atoms with Crippen molar-refractivity contribution in [3.8, 4) is 0 Å². The van der Waals surface area contributed by atoms with Gasteiger partial charge in [0.15, 0.2) is 0 Å². The van der Waals surface area contributed by atoms with Gasteiger partial charge in [-0.15, -0.1) is 11.3 Å². The van der Waals surface area contributed by atoms with E-state index in [0.29, 0.717) is 0 Å². The monoisotopic (exact) mass is 282 g/mol. The minimum absolute atomic E-state index is 0.772. The molecule has 1 N–H and O–H groups in total. The zero-order valence-corrected chi connectivity index (χ0v) is 13.0. The van der Waals surface area contributed by atoms with E-state index in [1.807, 2.05) is 18.4 Å². The topological polar surface area (TPSA) is 24.5 Å². The highest BCUT2D eigenvalue weighted by molar-refractivity contribution is 7.11. The summed E-state index contributed by atoms with van der Waals surface area (Å²) in [5, 5.41) is 3.38. The zero-order chi connectivity index (χ0) is 13.5. The maximum Gasteiger partial charge on any atom is 0.0491 e. The Bertz CT molecular complexity index is 359. The average Bonchev–Trinajstić information content (AvgIpc) is 2.87. The Morgan fingerprint density at radius 2 is 2.05 bits per heavy atom. The van der Waals surface area contributed by atoms with Gasteiger partial charge in [0.1, 0.15) is 0 Å². The molecule has 0 unspecified atom stereocenters. The number of thiophene rings is 1. The number of nitrogens with one attached hydrogen (secondary N) is 1. The van der Waals surface area contributed by atoms with E-state index < -0.39 is 0 Å². The molecule has 1 fully saturated rings. The summed E-state index contributed by atoms with van der Waals surface area (Å²) in [7, 11) is 1.81. The lowest BCUT2D eigenvalue weighted by Crippen LogP contribution is -2.34. The first-order chi connectivity index (χ1) is 9.31. The SMILES string of the molecule is CCNCc1ccc(CN2CCC(COC)CC2)s1. The van der Waals surface area contributed by atoms with Crippen LogP contribution in [0.15, 0.2) is 12.1 Å². The summed E-state index contributed by atoms with van der Waals surface area (Å²) in [6.45, 7) is 8.69. The summed E-state index contributed by atoms with van der Waals surface area (Å²) in [6.07, 6.45) is 2.56. The van der Waals surface area contributed by atoms with Crippen molar-refractivity contribution >= 4 is 11.3 Å². The molecule has 0 atom stereocenters. The summed E-state index contributed by atoms with van der Waals surface area (Å²) in [5.41, 5.74) is 0. The molecule has 1 aromatic heterocycles. The molecular formula is C15H26N2OS. The van der Waals surface area contributed by atoms with Crippen LogP contribution in [0.2, 0.25) is 0 Å². The van der Waals surface area contributed by atoms with Crippen molar-refractivity contribution in [3.05, 3.63) is 21.9 Å². The van der Waals surface area contributed by atoms with Gasteiger partial charge in [0.2, 0.25) is 0 Å². The van der Waals surface area contributed by atoms with Crippen LogP contribution in [0, 0.1) is 5.92 Å². The molecule has 0 aromatic carbocycles. The van der Waals surface area contributed by atoms with E-state index in [9.17, 15) is 0 Å². The van der Waals surface area contributed by atoms with Gasteiger partial charge < -0.3 is 10.1 Å². The lowest BCUT2D eigenvalue weighted by Gasteiger charge is -2.31. The second-order valence-corrected chi connectivity index (χ2v) is 6.58. The summed E-state index contributed by atoms with van der Waals surface area (Å²) >= 11 is 1.95. The highest BCUT2D eigenvalue weighted by Gasteiger charge is 2.19. The van der Waals surface area contributed by atoms with Crippen molar-refractivity contribution in [1.29, 1.82) is 0 Å². The molecule has 1 aliphatic rings. The molecule has 0 saturated carbocycles. The van der Waals surface area contributed by atoms with Crippen LogP contribution < -0.4 is 5.32 Å². The second kappa shape index (κ2) is 8.00. The van der Waals surface area contributed by atoms with Gasteiger partial charge in [-0.3, -0.25) is 4.90 Å². The molecule has 0 radical (unpaired) electrons. The molecule has 0 amide bonds. The van der Waals surface area contributed by atoms with Crippen molar-refractivity contribution in [2.45, 2.75) is 32.9 Å². The number of hydrogen-bond acceptors (Lipinski definition) is 4. The van der Waals surface area contributed by atoms with Crippen LogP contribution in [0.3, 0.4) is 0 Å². The molecule has 3 nitrogen and oxygen atoms in total. The average molecular weight is 282 g/mol. The van der Waals surface area contributed by atoms with Crippen molar-refractivity contribution in [2.75, 3.05) is 33.4 Å². The molecule has 0 aliphatic carbocycles. The van der Waals surface area contributed by atoms with Crippen LogP contribution in [0.25, 0.3) is 0 Å². The quantitative estimate of drug-likeness (QED) is 0.832. The normalized spacial score (nSPS) is 18.0. The minimum Gasteiger partial charge on any atom is -0.384 e. The molecule has 1 aromatic rings. The first-order valence-electron chi connectivity index (χ1n) is 7.31. The Morgan fingerprint density at radius 3 is 2.74 bits per heavy atom. The van der Waals surface area contributed by atoms with Gasteiger partial charge in [-0.05, 0) is 50.5 Å². The summed E-state index contributed by atoms with van der Waals surface area (Å²) in [4.78, 5) is 5.53. The number of hydrogen-bond donors (Lipinski definition) is 1. The van der Waals surface area contributed by atoms with Gasteiger partial charge in [0.25, 0.3) is 0 Å². The molecule has 1 saturated heterocycles. The predicted octanol–water partition coefficient (Wildman–Crippen LogP) is 2.72. The third-order valence-electron chi connectivity index (χ3n) is 3.76. The molecule has 2 heterocycles. The van der Waals surface area contributed by atoms with Crippen LogP contribution in [-0.4, -0.2) is 38.3 Å². The molecule has 0 bridgehead atoms. The Labute approximate surface area is 121 Å². The van der Waals surface area contributed by atoms with Gasteiger partial charge >= 0.3 is 0 Å². The fourth-order valence-corrected chi connectivity index (χ4v) is 3.65. The van der Waals surface area contributed by atoms with Crippen molar-refractivity contribution < 1.29 is 4.74 Å². The Morgan fingerprint density at radius 1 is 1.32 bits per heavy atom. The molecule has 19 heavy (non-hydrogen) atoms. The van der Waals surface area contributed by atoms with Crippen LogP contribution in [0.5, 0.6) is 0 Å². The number of ether oxygens (including phenoxy) is 1. The smallest absolute Gasteiger partial charge is 0.0491 e. The van der Waals surface area contributed by atoms with Gasteiger partial charge in [-0.25, -0.2) is 0 Å². The van der Waals surface area contributed by atoms with Gasteiger partial charge in [0, 0.05) is 36.6 Å². The summed E-state index contributed by atoms with van der Waals surface area (Å²) < 4.78 is 5.25. The molecule has 1 aliphatic heterocycles. The molecular weight excluding hydrogens is 256 g/mol. The number of piperidine rings is 1. The van der Waals surface area contributed by atoms with Crippen LogP contribution in [-0.2, 0) is 17.8 Å². The largest absolute Gasteiger partial charge is 0.384 e. The standard InChI is InChI=1S/C15H26N2OS/c1-3-16-10-14-4-5-15(19-14)11-17-8-6-13(7-9-17)12-18-2/h4-5,13,16H,3,6-12H2,1-2H3. The lowest BCUT2D eigenvalue weighted by atomic mass is 9.98. The molecule has 0 spiro atoms. The third kappa shape index (κ3) is 4.88. The van der Waals surface area contributed by atoms with Gasteiger partial charge in [-0.2, -0.15) is 0 Å². The Hall–Kier alpha value is -0.420. The van der Waals surface area contributed by atoms with E-state index in [4.69, 9.17) is 4.74 Å². The Kier molecular flexibility index (Phi) is 6.31. The van der Waals surface area contributed by atoms with E-state index in [1.54, 1.807) is 0 Å². The zero-order valence-electron chi connectivity index (χ0n) is 12.2. The molecule has 2 rings (SSSR count). The first kappa shape index (κ1) is 15.0. The van der Waals surface area contributed by atoms with E-state index in [-0.39, 0.29) is 0 Å². The maximum absolute atomic E-state index is 5.25. The highest BCUT2D eigenvalue weighted by Crippen LogP contribution is 2.22. The van der Waals surface area contributed by atoms with Crippen LogP contribution in [0.4, 0.5) is 0 Å². The lowest BCUT2D eigenvalue weighted by molar-refractivity contribution is 0.0972. The maximum atomic E-state index is 5.25. The van der Waals surface area contributed by atoms with Crippen molar-refractivity contribution in [3.63, 3.8) is 0 Å². The van der Waals surface area contributed by atoms with E-state index in [0.717, 1.165) is 32.2 Å². The molecule has 108 valence electrons. The molecule has 4 heteroatoms. The predicted molar refractivity (Wildman–Crippen MR) is 81.6 cm³/mol. The van der Waals surface area contributed by atoms with E-state index >= 15 is 0 Å². The first-order valence-corrected chi connectivity index (χ1v) is 8.13. The summed E-state index contributed by atoms with van der Waals surface area (Å²) in [6, 6.07) is 4.55. The summed E-state index contributed by atoms with van der Waals surface area (Å²) in [5.74, 6) is 0.772. The fourth-order valence-electron chi connectivity index (χ4n) is 2.62. The minimum atomic E-state index is 0.772. The van der Waals surface area contributed by atoms with Gasteiger partial charge in [-0.1, -0.05) is 6.92 Å². The van der Waals surface area contributed by atoms with Crippen LogP contribution >= 0.6 is 11.3 Å². The van der Waals surface area contributed by atoms with E-state index in [2.05, 4.69) is 29.3 Å². The van der Waals surface area contributed by atoms with Gasteiger partial charge in [0.05, 0.1) is 0 Å². The fraction of sp³-hybridized carbons (Fsp3) is 0.733. The third-order valence-corrected chi connectivity index (χ3v) is 4.83. The van der Waals surface area contributed by atoms with Crippen molar-refractivity contribution in [2.24, 2.45) is 5.92 Å². The number of rotatable bonds is 7. The van der Waals surface area contributed by atoms with Crippen LogP contribution in [0.1, 0.15) is 29.5 Å². The Balaban J connectivity index is 1.74.